The lowest BCUT2D eigenvalue weighted by molar-refractivity contribution is -0.384. The van der Waals surface area contributed by atoms with Crippen molar-refractivity contribution in [1.29, 1.82) is 0 Å². The molecule has 7 nitrogen and oxygen atoms in total. The summed E-state index contributed by atoms with van der Waals surface area (Å²) in [4.78, 5) is 18.9. The summed E-state index contributed by atoms with van der Waals surface area (Å²) in [6.07, 6.45) is 2.36. The number of aromatic amines is 1. The van der Waals surface area contributed by atoms with Gasteiger partial charge in [-0.3, -0.25) is 10.1 Å². The number of H-pyrrole nitrogens is 1. The van der Waals surface area contributed by atoms with Gasteiger partial charge in [-0.05, 0) is 18.2 Å². The highest BCUT2D eigenvalue weighted by molar-refractivity contribution is 5.75. The smallest absolute Gasteiger partial charge is 0.271 e. The molecule has 2 aromatic heterocycles. The zero-order valence-electron chi connectivity index (χ0n) is 15.9. The second-order valence-corrected chi connectivity index (χ2v) is 6.95. The average Bonchev–Trinajstić information content (AvgIpc) is 3.38. The van der Waals surface area contributed by atoms with E-state index in [1.807, 2.05) is 60.7 Å². The van der Waals surface area contributed by atoms with E-state index in [-0.39, 0.29) is 5.69 Å². The predicted molar refractivity (Wildman–Crippen MR) is 115 cm³/mol. The van der Waals surface area contributed by atoms with Crippen LogP contribution in [0, 0.1) is 10.1 Å². The van der Waals surface area contributed by atoms with Gasteiger partial charge in [0, 0.05) is 29.7 Å². The molecule has 0 saturated heterocycles. The van der Waals surface area contributed by atoms with E-state index in [0.29, 0.717) is 12.1 Å². The number of nitro groups is 1. The van der Waals surface area contributed by atoms with Crippen LogP contribution in [0.2, 0.25) is 0 Å². The van der Waals surface area contributed by atoms with Gasteiger partial charge in [-0.2, -0.15) is 5.10 Å². The molecule has 146 valence electrons. The van der Waals surface area contributed by atoms with Gasteiger partial charge < -0.3 is 4.98 Å². The number of para-hydroxylation sites is 2. The first kappa shape index (κ1) is 17.8. The minimum Gasteiger partial charge on any atom is -0.342 e. The molecule has 0 atom stereocenters. The van der Waals surface area contributed by atoms with Crippen molar-refractivity contribution in [2.24, 2.45) is 0 Å². The summed E-state index contributed by atoms with van der Waals surface area (Å²) < 4.78 is 1.75. The number of aromatic nitrogens is 4. The second kappa shape index (κ2) is 7.29. The Balaban J connectivity index is 1.63. The van der Waals surface area contributed by atoms with Gasteiger partial charge >= 0.3 is 0 Å². The Bertz CT molecular complexity index is 1320. The van der Waals surface area contributed by atoms with Crippen LogP contribution in [0.4, 0.5) is 5.69 Å². The van der Waals surface area contributed by atoms with E-state index < -0.39 is 4.92 Å². The molecule has 0 aliphatic heterocycles. The summed E-state index contributed by atoms with van der Waals surface area (Å²) in [5, 5.41) is 15.8. The van der Waals surface area contributed by atoms with E-state index >= 15 is 0 Å². The van der Waals surface area contributed by atoms with Crippen molar-refractivity contribution in [2.75, 3.05) is 0 Å². The van der Waals surface area contributed by atoms with E-state index in [1.165, 1.54) is 12.1 Å². The third kappa shape index (κ3) is 3.22. The molecule has 5 rings (SSSR count). The van der Waals surface area contributed by atoms with Gasteiger partial charge in [0.1, 0.15) is 5.82 Å². The number of nitrogens with zero attached hydrogens (tertiary/aromatic N) is 4. The molecule has 0 aliphatic carbocycles. The number of benzene rings is 3. The number of non-ortho nitro benzene ring substituents is 1. The van der Waals surface area contributed by atoms with E-state index in [4.69, 9.17) is 0 Å². The largest absolute Gasteiger partial charge is 0.342 e. The zero-order valence-corrected chi connectivity index (χ0v) is 15.9. The van der Waals surface area contributed by atoms with Crippen LogP contribution in [0.25, 0.3) is 28.0 Å². The molecule has 0 saturated carbocycles. The fourth-order valence-electron chi connectivity index (χ4n) is 3.62. The molecule has 0 amide bonds. The van der Waals surface area contributed by atoms with E-state index in [9.17, 15) is 10.1 Å². The van der Waals surface area contributed by atoms with Gasteiger partial charge in [0.25, 0.3) is 5.69 Å². The number of fused-ring (bicyclic) bond motifs is 1. The molecule has 1 N–H and O–H groups in total. The summed E-state index contributed by atoms with van der Waals surface area (Å²) in [6.45, 7) is 0. The maximum atomic E-state index is 11.2. The highest BCUT2D eigenvalue weighted by Crippen LogP contribution is 2.29. The minimum atomic E-state index is -0.398. The lowest BCUT2D eigenvalue weighted by atomic mass is 10.1. The number of hydrogen-bond acceptors (Lipinski definition) is 4. The highest BCUT2D eigenvalue weighted by Gasteiger charge is 2.17. The van der Waals surface area contributed by atoms with Crippen molar-refractivity contribution in [3.63, 3.8) is 0 Å². The Morgan fingerprint density at radius 2 is 1.77 bits per heavy atom. The van der Waals surface area contributed by atoms with Crippen LogP contribution in [-0.4, -0.2) is 24.7 Å². The number of hydrogen-bond donors (Lipinski definition) is 1. The van der Waals surface area contributed by atoms with Gasteiger partial charge in [-0.1, -0.05) is 48.5 Å². The van der Waals surface area contributed by atoms with Gasteiger partial charge in [0.2, 0.25) is 0 Å². The van der Waals surface area contributed by atoms with Crippen molar-refractivity contribution in [3.8, 4) is 16.9 Å². The van der Waals surface area contributed by atoms with Crippen molar-refractivity contribution < 1.29 is 4.92 Å². The van der Waals surface area contributed by atoms with Crippen molar-refractivity contribution in [1.82, 2.24) is 19.7 Å². The lowest BCUT2D eigenvalue weighted by Crippen LogP contribution is -2.01. The minimum absolute atomic E-state index is 0.0286. The number of rotatable bonds is 5. The number of nitro benzene ring substituents is 1. The Morgan fingerprint density at radius 1 is 0.967 bits per heavy atom. The fraction of sp³-hybridized carbons (Fsp3) is 0.0435. The van der Waals surface area contributed by atoms with E-state index in [0.717, 1.165) is 33.7 Å². The molecule has 0 spiro atoms. The fourth-order valence-corrected chi connectivity index (χ4v) is 3.62. The average molecular weight is 395 g/mol. The third-order valence-electron chi connectivity index (χ3n) is 4.97. The van der Waals surface area contributed by atoms with Crippen LogP contribution in [0.1, 0.15) is 11.4 Å². The van der Waals surface area contributed by atoms with Crippen LogP contribution in [-0.2, 0) is 6.42 Å². The third-order valence-corrected chi connectivity index (χ3v) is 4.97. The molecule has 0 unspecified atom stereocenters. The summed E-state index contributed by atoms with van der Waals surface area (Å²) in [5.74, 6) is 0.840. The molecule has 30 heavy (non-hydrogen) atoms. The summed E-state index contributed by atoms with van der Waals surface area (Å²) in [6, 6.07) is 24.3. The number of nitrogens with one attached hydrogen (secondary N) is 1. The summed E-state index contributed by atoms with van der Waals surface area (Å²) in [7, 11) is 0. The van der Waals surface area contributed by atoms with Gasteiger partial charge in [-0.15, -0.1) is 0 Å². The maximum Gasteiger partial charge on any atom is 0.271 e. The molecule has 3 aromatic carbocycles. The quantitative estimate of drug-likeness (QED) is 0.338. The lowest BCUT2D eigenvalue weighted by Gasteiger charge is -2.10. The van der Waals surface area contributed by atoms with Crippen molar-refractivity contribution >= 4 is 16.7 Å². The van der Waals surface area contributed by atoms with E-state index in [2.05, 4.69) is 15.1 Å². The first-order chi connectivity index (χ1) is 14.7. The molecule has 2 heterocycles. The van der Waals surface area contributed by atoms with Crippen LogP contribution < -0.4 is 0 Å². The SMILES string of the molecule is O=[N+]([O-])c1cccc(-n2ncc(Cc3nc4ccccc4[nH]3)c2-c2ccccc2)c1. The Hall–Kier alpha value is -4.26. The van der Waals surface area contributed by atoms with Crippen molar-refractivity contribution in [2.45, 2.75) is 6.42 Å². The first-order valence-corrected chi connectivity index (χ1v) is 9.50. The molecule has 0 bridgehead atoms. The predicted octanol–water partition coefficient (Wildman–Crippen LogP) is 4.91. The Kier molecular flexibility index (Phi) is 4.33. The van der Waals surface area contributed by atoms with Gasteiger partial charge in [0.15, 0.2) is 0 Å². The number of imidazole rings is 1. The van der Waals surface area contributed by atoms with Crippen LogP contribution in [0.15, 0.2) is 85.1 Å². The van der Waals surface area contributed by atoms with E-state index in [1.54, 1.807) is 16.9 Å². The molecule has 0 aliphatic rings. The molecule has 0 radical (unpaired) electrons. The maximum absolute atomic E-state index is 11.2. The second-order valence-electron chi connectivity index (χ2n) is 6.95. The summed E-state index contributed by atoms with van der Waals surface area (Å²) >= 11 is 0. The molecule has 0 fully saturated rings. The summed E-state index contributed by atoms with van der Waals surface area (Å²) in [5.41, 5.74) is 5.41. The molecule has 7 heteroatoms. The standard InChI is InChI=1S/C23H17N5O2/c29-28(30)19-10-6-9-18(14-19)27-23(16-7-2-1-3-8-16)17(15-24-27)13-22-25-20-11-4-5-12-21(20)26-22/h1-12,14-15H,13H2,(H,25,26). The van der Waals surface area contributed by atoms with Crippen LogP contribution in [0.5, 0.6) is 0 Å². The topological polar surface area (TPSA) is 89.6 Å². The molecular weight excluding hydrogens is 378 g/mol. The van der Waals surface area contributed by atoms with Crippen molar-refractivity contribution in [3.05, 3.63) is 107 Å². The Labute approximate surface area is 171 Å². The first-order valence-electron chi connectivity index (χ1n) is 9.50. The van der Waals surface area contributed by atoms with Crippen LogP contribution in [0.3, 0.4) is 0 Å². The van der Waals surface area contributed by atoms with Gasteiger partial charge in [0.05, 0.1) is 33.5 Å². The normalized spacial score (nSPS) is 11.1. The molecular formula is C23H17N5O2. The van der Waals surface area contributed by atoms with Gasteiger partial charge in [-0.25, -0.2) is 9.67 Å². The Morgan fingerprint density at radius 3 is 2.57 bits per heavy atom. The monoisotopic (exact) mass is 395 g/mol. The van der Waals surface area contributed by atoms with Crippen LogP contribution >= 0.6 is 0 Å². The highest BCUT2D eigenvalue weighted by atomic mass is 16.6. The molecule has 5 aromatic rings. The zero-order chi connectivity index (χ0) is 20.5.